The van der Waals surface area contributed by atoms with Crippen molar-refractivity contribution in [2.45, 2.75) is 44.3 Å². The van der Waals surface area contributed by atoms with Gasteiger partial charge in [0.1, 0.15) is 5.41 Å². The SMILES string of the molecule is CCC(CC)(CNC(=O)C1(C(N)=S)CCOCC1)SC. The summed E-state index contributed by atoms with van der Waals surface area (Å²) in [5, 5.41) is 3.09. The topological polar surface area (TPSA) is 64.4 Å². The van der Waals surface area contributed by atoms with Crippen LogP contribution in [0.15, 0.2) is 0 Å². The van der Waals surface area contributed by atoms with Gasteiger partial charge in [-0.15, -0.1) is 0 Å². The largest absolute Gasteiger partial charge is 0.392 e. The predicted molar refractivity (Wildman–Crippen MR) is 89.1 cm³/mol. The van der Waals surface area contributed by atoms with Crippen molar-refractivity contribution in [1.82, 2.24) is 5.32 Å². The Bertz CT molecular complexity index is 343. The molecule has 3 N–H and O–H groups in total. The van der Waals surface area contributed by atoms with Gasteiger partial charge >= 0.3 is 0 Å². The van der Waals surface area contributed by atoms with Crippen LogP contribution < -0.4 is 11.1 Å². The lowest BCUT2D eigenvalue weighted by atomic mass is 9.79. The summed E-state index contributed by atoms with van der Waals surface area (Å²) in [6.07, 6.45) is 5.30. The highest BCUT2D eigenvalue weighted by Gasteiger charge is 2.43. The molecule has 0 bridgehead atoms. The van der Waals surface area contributed by atoms with E-state index < -0.39 is 5.41 Å². The maximum absolute atomic E-state index is 12.6. The van der Waals surface area contributed by atoms with Crippen LogP contribution in [0.4, 0.5) is 0 Å². The Kier molecular flexibility index (Phi) is 6.75. The minimum Gasteiger partial charge on any atom is -0.392 e. The Morgan fingerprint density at radius 3 is 2.35 bits per heavy atom. The van der Waals surface area contributed by atoms with E-state index in [4.69, 9.17) is 22.7 Å². The van der Waals surface area contributed by atoms with Crippen LogP contribution in [0.5, 0.6) is 0 Å². The molecular weight excluding hydrogens is 292 g/mol. The molecular formula is C14H26N2O2S2. The number of hydrogen-bond donors (Lipinski definition) is 2. The first-order valence-corrected chi connectivity index (χ1v) is 8.81. The normalized spacial score (nSPS) is 18.6. The standard InChI is InChI=1S/C14H26N2O2S2/c1-4-13(5-2,20-3)10-16-12(17)14(11(15)19)6-8-18-9-7-14/h4-10H2,1-3H3,(H2,15,19)(H,16,17). The van der Waals surface area contributed by atoms with Crippen LogP contribution in [-0.2, 0) is 9.53 Å². The number of hydrogen-bond acceptors (Lipinski definition) is 4. The van der Waals surface area contributed by atoms with Gasteiger partial charge in [0.2, 0.25) is 5.91 Å². The molecule has 1 aliphatic rings. The van der Waals surface area contributed by atoms with E-state index in [1.165, 1.54) is 0 Å². The van der Waals surface area contributed by atoms with Crippen LogP contribution in [0.2, 0.25) is 0 Å². The predicted octanol–water partition coefficient (Wildman–Crippen LogP) is 2.11. The van der Waals surface area contributed by atoms with E-state index in [0.29, 0.717) is 37.6 Å². The van der Waals surface area contributed by atoms with Crippen LogP contribution in [-0.4, -0.2) is 41.7 Å². The van der Waals surface area contributed by atoms with Gasteiger partial charge in [-0.05, 0) is 31.9 Å². The minimum atomic E-state index is -0.723. The summed E-state index contributed by atoms with van der Waals surface area (Å²) in [4.78, 5) is 12.9. The second kappa shape index (κ2) is 7.61. The van der Waals surface area contributed by atoms with E-state index in [9.17, 15) is 4.79 Å². The lowest BCUT2D eigenvalue weighted by Gasteiger charge is -2.37. The summed E-state index contributed by atoms with van der Waals surface area (Å²) in [7, 11) is 0. The third-order valence-electron chi connectivity index (χ3n) is 4.55. The summed E-state index contributed by atoms with van der Waals surface area (Å²) >= 11 is 6.96. The number of amides is 1. The molecule has 116 valence electrons. The highest BCUT2D eigenvalue weighted by Crippen LogP contribution is 2.33. The highest BCUT2D eigenvalue weighted by molar-refractivity contribution is 8.00. The van der Waals surface area contributed by atoms with Gasteiger partial charge in [0.05, 0.1) is 4.99 Å². The number of carbonyl (C=O) groups is 1. The second-order valence-corrected chi connectivity index (χ2v) is 7.05. The molecule has 1 fully saturated rings. The first kappa shape index (κ1) is 17.7. The quantitative estimate of drug-likeness (QED) is 0.704. The molecule has 0 aliphatic carbocycles. The Hall–Kier alpha value is -0.330. The van der Waals surface area contributed by atoms with Crippen molar-refractivity contribution in [2.75, 3.05) is 26.0 Å². The molecule has 0 saturated carbocycles. The summed E-state index contributed by atoms with van der Waals surface area (Å²) in [5.41, 5.74) is 5.13. The third kappa shape index (κ3) is 3.65. The van der Waals surface area contributed by atoms with Gasteiger partial charge in [-0.3, -0.25) is 4.79 Å². The maximum atomic E-state index is 12.6. The first-order valence-electron chi connectivity index (χ1n) is 7.17. The van der Waals surface area contributed by atoms with Crippen LogP contribution >= 0.6 is 24.0 Å². The van der Waals surface area contributed by atoms with E-state index in [0.717, 1.165) is 12.8 Å². The average molecular weight is 319 g/mol. The molecule has 0 radical (unpaired) electrons. The molecule has 6 heteroatoms. The van der Waals surface area contributed by atoms with Crippen molar-refractivity contribution in [3.63, 3.8) is 0 Å². The molecule has 0 aromatic heterocycles. The fourth-order valence-electron chi connectivity index (χ4n) is 2.58. The Labute approximate surface area is 131 Å². The first-order chi connectivity index (χ1) is 9.46. The number of ether oxygens (including phenoxy) is 1. The molecule has 1 heterocycles. The number of thiocarbonyl (C=S) groups is 1. The lowest BCUT2D eigenvalue weighted by Crippen LogP contribution is -2.54. The van der Waals surface area contributed by atoms with Crippen molar-refractivity contribution in [3.8, 4) is 0 Å². The lowest BCUT2D eigenvalue weighted by molar-refractivity contribution is -0.131. The molecule has 1 saturated heterocycles. The number of thioether (sulfide) groups is 1. The van der Waals surface area contributed by atoms with Crippen molar-refractivity contribution in [2.24, 2.45) is 11.1 Å². The summed E-state index contributed by atoms with van der Waals surface area (Å²) in [6, 6.07) is 0. The van der Waals surface area contributed by atoms with Gasteiger partial charge in [-0.2, -0.15) is 11.8 Å². The van der Waals surface area contributed by atoms with Crippen LogP contribution in [0.25, 0.3) is 0 Å². The maximum Gasteiger partial charge on any atom is 0.233 e. The monoisotopic (exact) mass is 318 g/mol. The zero-order valence-corrected chi connectivity index (χ0v) is 14.3. The number of nitrogens with one attached hydrogen (secondary N) is 1. The van der Waals surface area contributed by atoms with Gasteiger partial charge < -0.3 is 15.8 Å². The van der Waals surface area contributed by atoms with E-state index >= 15 is 0 Å². The van der Waals surface area contributed by atoms with E-state index in [2.05, 4.69) is 25.4 Å². The van der Waals surface area contributed by atoms with Gasteiger partial charge in [-0.1, -0.05) is 26.1 Å². The molecule has 20 heavy (non-hydrogen) atoms. The average Bonchev–Trinajstić information content (AvgIpc) is 2.49. The molecule has 0 spiro atoms. The van der Waals surface area contributed by atoms with Crippen molar-refractivity contribution in [1.29, 1.82) is 0 Å². The summed E-state index contributed by atoms with van der Waals surface area (Å²) < 4.78 is 5.43. The molecule has 1 aliphatic heterocycles. The van der Waals surface area contributed by atoms with Crippen LogP contribution in [0.1, 0.15) is 39.5 Å². The minimum absolute atomic E-state index is 0.0337. The van der Waals surface area contributed by atoms with Gasteiger partial charge in [0.25, 0.3) is 0 Å². The second-order valence-electron chi connectivity index (χ2n) is 5.34. The van der Waals surface area contributed by atoms with Crippen LogP contribution in [0, 0.1) is 5.41 Å². The summed E-state index contributed by atoms with van der Waals surface area (Å²) in [5.74, 6) is -0.0337. The molecule has 1 amide bonds. The van der Waals surface area contributed by atoms with Gasteiger partial charge in [0.15, 0.2) is 0 Å². The molecule has 4 nitrogen and oxygen atoms in total. The molecule has 1 rings (SSSR count). The number of rotatable bonds is 7. The molecule has 0 aromatic carbocycles. The molecule has 0 atom stereocenters. The fourth-order valence-corrected chi connectivity index (χ4v) is 3.67. The summed E-state index contributed by atoms with van der Waals surface area (Å²) in [6.45, 7) is 6.05. The third-order valence-corrected chi connectivity index (χ3v) is 6.52. The number of carbonyl (C=O) groups excluding carboxylic acids is 1. The van der Waals surface area contributed by atoms with Gasteiger partial charge in [-0.25, -0.2) is 0 Å². The smallest absolute Gasteiger partial charge is 0.233 e. The van der Waals surface area contributed by atoms with E-state index in [-0.39, 0.29) is 10.7 Å². The van der Waals surface area contributed by atoms with Crippen molar-refractivity contribution >= 4 is 34.9 Å². The highest BCUT2D eigenvalue weighted by atomic mass is 32.2. The van der Waals surface area contributed by atoms with Crippen LogP contribution in [0.3, 0.4) is 0 Å². The molecule has 0 aromatic rings. The zero-order chi connectivity index (χ0) is 15.2. The van der Waals surface area contributed by atoms with E-state index in [1.807, 2.05) is 11.8 Å². The Morgan fingerprint density at radius 2 is 1.95 bits per heavy atom. The fraction of sp³-hybridized carbons (Fsp3) is 0.857. The van der Waals surface area contributed by atoms with E-state index in [1.54, 1.807) is 0 Å². The Morgan fingerprint density at radius 1 is 1.40 bits per heavy atom. The zero-order valence-electron chi connectivity index (χ0n) is 12.7. The van der Waals surface area contributed by atoms with Gasteiger partial charge in [0, 0.05) is 24.5 Å². The molecule has 0 unspecified atom stereocenters. The van der Waals surface area contributed by atoms with Crippen molar-refractivity contribution < 1.29 is 9.53 Å². The Balaban J connectivity index is 2.75. The number of nitrogens with two attached hydrogens (primary N) is 1. The van der Waals surface area contributed by atoms with Crippen molar-refractivity contribution in [3.05, 3.63) is 0 Å².